The van der Waals surface area contributed by atoms with Crippen LogP contribution in [-0.4, -0.2) is 19.6 Å². The summed E-state index contributed by atoms with van der Waals surface area (Å²) in [6.45, 7) is 2.13. The Labute approximate surface area is 137 Å². The monoisotopic (exact) mass is 339 g/mol. The molecule has 0 heterocycles. The molecular weight excluding hydrogens is 323 g/mol. The van der Waals surface area contributed by atoms with E-state index < -0.39 is 17.6 Å². The van der Waals surface area contributed by atoms with Gasteiger partial charge in [-0.25, -0.2) is 0 Å². The molecule has 0 aromatic heterocycles. The van der Waals surface area contributed by atoms with Crippen LogP contribution in [-0.2, 0) is 6.18 Å². The second-order valence-corrected chi connectivity index (χ2v) is 4.80. The molecule has 0 atom stereocenters. The number of methoxy groups -OCH3 is 1. The van der Waals surface area contributed by atoms with Crippen molar-refractivity contribution in [3.63, 3.8) is 0 Å². The van der Waals surface area contributed by atoms with Gasteiger partial charge in [0.05, 0.1) is 30.5 Å². The fourth-order valence-corrected chi connectivity index (χ4v) is 2.11. The van der Waals surface area contributed by atoms with Crippen LogP contribution in [0.25, 0.3) is 0 Å². The molecule has 24 heavy (non-hydrogen) atoms. The molecule has 4 nitrogen and oxygen atoms in total. The zero-order chi connectivity index (χ0) is 17.7. The lowest BCUT2D eigenvalue weighted by Crippen LogP contribution is -2.15. The van der Waals surface area contributed by atoms with Crippen molar-refractivity contribution in [3.05, 3.63) is 53.6 Å². The van der Waals surface area contributed by atoms with Crippen LogP contribution in [0, 0.1) is 0 Å². The number of halogens is 3. The first-order valence-corrected chi connectivity index (χ1v) is 7.15. The maximum atomic E-state index is 12.9. The van der Waals surface area contributed by atoms with Crippen LogP contribution in [0.1, 0.15) is 22.8 Å². The fourth-order valence-electron chi connectivity index (χ4n) is 2.11. The summed E-state index contributed by atoms with van der Waals surface area (Å²) in [5.41, 5.74) is -0.723. The Kier molecular flexibility index (Phi) is 5.33. The summed E-state index contributed by atoms with van der Waals surface area (Å²) in [6, 6.07) is 9.37. The quantitative estimate of drug-likeness (QED) is 0.880. The lowest BCUT2D eigenvalue weighted by Gasteiger charge is -2.15. The highest BCUT2D eigenvalue weighted by molar-refractivity contribution is 6.06. The Balaban J connectivity index is 2.35. The maximum Gasteiger partial charge on any atom is 0.416 e. The van der Waals surface area contributed by atoms with Crippen LogP contribution in [0.2, 0.25) is 0 Å². The number of amides is 1. The van der Waals surface area contributed by atoms with Gasteiger partial charge in [-0.15, -0.1) is 0 Å². The molecule has 128 valence electrons. The number of alkyl halides is 3. The fraction of sp³-hybridized carbons (Fsp3) is 0.235. The molecule has 0 spiro atoms. The molecule has 2 aromatic carbocycles. The van der Waals surface area contributed by atoms with Gasteiger partial charge in [0.2, 0.25) is 0 Å². The maximum absolute atomic E-state index is 12.9. The number of carbonyl (C=O) groups excluding carboxylic acids is 1. The normalized spacial score (nSPS) is 11.0. The van der Waals surface area contributed by atoms with E-state index in [1.807, 2.05) is 0 Å². The number of ether oxygens (including phenoxy) is 2. The van der Waals surface area contributed by atoms with Gasteiger partial charge in [0.25, 0.3) is 5.91 Å². The summed E-state index contributed by atoms with van der Waals surface area (Å²) in [7, 11) is 1.31. The lowest BCUT2D eigenvalue weighted by molar-refractivity contribution is -0.137. The predicted molar refractivity (Wildman–Crippen MR) is 83.6 cm³/mol. The molecular formula is C17H16F3NO3. The Morgan fingerprint density at radius 2 is 1.83 bits per heavy atom. The molecule has 0 saturated carbocycles. The number of hydrogen-bond donors (Lipinski definition) is 1. The largest absolute Gasteiger partial charge is 0.495 e. The highest BCUT2D eigenvalue weighted by Crippen LogP contribution is 2.35. The van der Waals surface area contributed by atoms with Gasteiger partial charge < -0.3 is 14.8 Å². The van der Waals surface area contributed by atoms with E-state index in [0.717, 1.165) is 18.2 Å². The van der Waals surface area contributed by atoms with E-state index in [-0.39, 0.29) is 17.0 Å². The van der Waals surface area contributed by atoms with E-state index in [1.54, 1.807) is 25.1 Å². The Morgan fingerprint density at radius 3 is 2.46 bits per heavy atom. The highest BCUT2D eigenvalue weighted by atomic mass is 19.4. The minimum atomic E-state index is -4.52. The molecule has 0 bridgehead atoms. The summed E-state index contributed by atoms with van der Waals surface area (Å²) >= 11 is 0. The molecule has 0 unspecified atom stereocenters. The van der Waals surface area contributed by atoms with Crippen LogP contribution in [0.4, 0.5) is 18.9 Å². The average Bonchev–Trinajstić information content (AvgIpc) is 2.54. The van der Waals surface area contributed by atoms with Crippen LogP contribution >= 0.6 is 0 Å². The number of nitrogens with one attached hydrogen (secondary N) is 1. The summed E-state index contributed by atoms with van der Waals surface area (Å²) in [5, 5.41) is 2.45. The number of carbonyl (C=O) groups is 1. The van der Waals surface area contributed by atoms with Gasteiger partial charge in [0.15, 0.2) is 0 Å². The number of hydrogen-bond acceptors (Lipinski definition) is 3. The molecule has 0 aliphatic carbocycles. The molecule has 0 radical (unpaired) electrons. The van der Waals surface area contributed by atoms with Crippen molar-refractivity contribution in [3.8, 4) is 11.5 Å². The molecule has 2 aromatic rings. The second kappa shape index (κ2) is 7.25. The van der Waals surface area contributed by atoms with E-state index >= 15 is 0 Å². The third kappa shape index (κ3) is 3.98. The van der Waals surface area contributed by atoms with Crippen LogP contribution in [0.5, 0.6) is 11.5 Å². The molecule has 0 aliphatic heterocycles. The summed E-state index contributed by atoms with van der Waals surface area (Å²) in [4.78, 5) is 12.4. The number of benzene rings is 2. The van der Waals surface area contributed by atoms with Gasteiger partial charge in [0.1, 0.15) is 11.5 Å². The molecule has 0 saturated heterocycles. The van der Waals surface area contributed by atoms with E-state index in [2.05, 4.69) is 5.32 Å². The van der Waals surface area contributed by atoms with Crippen molar-refractivity contribution in [2.24, 2.45) is 0 Å². The predicted octanol–water partition coefficient (Wildman–Crippen LogP) is 4.37. The van der Waals surface area contributed by atoms with Crippen molar-refractivity contribution in [1.82, 2.24) is 0 Å². The number of rotatable bonds is 5. The Morgan fingerprint density at radius 1 is 1.12 bits per heavy atom. The van der Waals surface area contributed by atoms with Crippen molar-refractivity contribution in [2.45, 2.75) is 13.1 Å². The first-order valence-electron chi connectivity index (χ1n) is 7.15. The second-order valence-electron chi connectivity index (χ2n) is 4.80. The first-order chi connectivity index (χ1) is 11.4. The van der Waals surface area contributed by atoms with E-state index in [0.29, 0.717) is 12.4 Å². The van der Waals surface area contributed by atoms with Crippen molar-refractivity contribution >= 4 is 11.6 Å². The number of anilines is 1. The minimum absolute atomic E-state index is 0.0661. The third-order valence-electron chi connectivity index (χ3n) is 3.21. The molecule has 7 heteroatoms. The summed E-state index contributed by atoms with van der Waals surface area (Å²) < 4.78 is 48.9. The highest BCUT2D eigenvalue weighted by Gasteiger charge is 2.31. The molecule has 1 amide bonds. The van der Waals surface area contributed by atoms with Gasteiger partial charge in [-0.1, -0.05) is 12.1 Å². The summed E-state index contributed by atoms with van der Waals surface area (Å²) in [5.74, 6) is -0.106. The summed E-state index contributed by atoms with van der Waals surface area (Å²) in [6.07, 6.45) is -4.52. The first kappa shape index (κ1) is 17.7. The van der Waals surface area contributed by atoms with Gasteiger partial charge in [-0.2, -0.15) is 13.2 Å². The molecule has 0 fully saturated rings. The van der Waals surface area contributed by atoms with E-state index in [1.165, 1.54) is 13.2 Å². The topological polar surface area (TPSA) is 47.6 Å². The average molecular weight is 339 g/mol. The minimum Gasteiger partial charge on any atom is -0.495 e. The zero-order valence-corrected chi connectivity index (χ0v) is 13.1. The Hall–Kier alpha value is -2.70. The molecule has 0 aliphatic rings. The lowest BCUT2D eigenvalue weighted by atomic mass is 10.1. The van der Waals surface area contributed by atoms with Crippen LogP contribution in [0.15, 0.2) is 42.5 Å². The van der Waals surface area contributed by atoms with Crippen molar-refractivity contribution in [1.29, 1.82) is 0 Å². The van der Waals surface area contributed by atoms with Crippen LogP contribution < -0.4 is 14.8 Å². The van der Waals surface area contributed by atoms with Gasteiger partial charge >= 0.3 is 6.18 Å². The van der Waals surface area contributed by atoms with E-state index in [4.69, 9.17) is 9.47 Å². The smallest absolute Gasteiger partial charge is 0.416 e. The van der Waals surface area contributed by atoms with Gasteiger partial charge in [-0.05, 0) is 37.3 Å². The number of para-hydroxylation sites is 1. The van der Waals surface area contributed by atoms with E-state index in [9.17, 15) is 18.0 Å². The molecule has 1 N–H and O–H groups in total. The molecule has 2 rings (SSSR count). The third-order valence-corrected chi connectivity index (χ3v) is 3.21. The van der Waals surface area contributed by atoms with Crippen molar-refractivity contribution < 1.29 is 27.4 Å². The van der Waals surface area contributed by atoms with Gasteiger partial charge in [0, 0.05) is 0 Å². The standard InChI is InChI=1S/C17H16F3NO3/c1-3-24-14-7-5-4-6-12(14)16(22)21-13-10-11(17(18,19)20)8-9-15(13)23-2/h4-10H,3H2,1-2H3,(H,21,22). The zero-order valence-electron chi connectivity index (χ0n) is 13.1. The van der Waals surface area contributed by atoms with Crippen molar-refractivity contribution in [2.75, 3.05) is 19.0 Å². The van der Waals surface area contributed by atoms with Gasteiger partial charge in [-0.3, -0.25) is 4.79 Å². The Bertz CT molecular complexity index is 729. The van der Waals surface area contributed by atoms with Crippen LogP contribution in [0.3, 0.4) is 0 Å². The SMILES string of the molecule is CCOc1ccccc1C(=O)Nc1cc(C(F)(F)F)ccc1OC.